The number of aromatic nitrogens is 2. The van der Waals surface area contributed by atoms with Gasteiger partial charge in [-0.1, -0.05) is 170 Å². The Morgan fingerprint density at radius 1 is 0.242 bits per heavy atom. The van der Waals surface area contributed by atoms with Crippen LogP contribution in [-0.4, -0.2) is 9.97 Å². The number of hydrogen-bond donors (Lipinski definition) is 0. The predicted molar refractivity (Wildman–Crippen MR) is 265 cm³/mol. The van der Waals surface area contributed by atoms with Gasteiger partial charge in [-0.3, -0.25) is 9.97 Å². The molecule has 2 heteroatoms. The van der Waals surface area contributed by atoms with Gasteiger partial charge in [-0.25, -0.2) is 0 Å². The highest BCUT2D eigenvalue weighted by atomic mass is 14.7. The van der Waals surface area contributed by atoms with E-state index in [0.717, 1.165) is 32.9 Å². The van der Waals surface area contributed by atoms with Crippen LogP contribution in [0.3, 0.4) is 0 Å². The first kappa shape index (κ1) is 33.6. The molecule has 14 aromatic rings. The Balaban J connectivity index is 1.06. The van der Waals surface area contributed by atoms with Crippen LogP contribution >= 0.6 is 0 Å². The molecule has 0 N–H and O–H groups in total. The SMILES string of the molecule is c1cnc2c(c1)cc(-c1ccc(-c3c4ccccc4c(-c4cc5cccc6c7cccc8ccc9cccc(c%10cccc4c%10c56)c9c87)c4ccccc34)cc1)c1cccnc12. The van der Waals surface area contributed by atoms with Crippen molar-refractivity contribution in [2.24, 2.45) is 0 Å². The van der Waals surface area contributed by atoms with Gasteiger partial charge in [0.15, 0.2) is 0 Å². The van der Waals surface area contributed by atoms with Crippen molar-refractivity contribution < 1.29 is 0 Å². The van der Waals surface area contributed by atoms with Gasteiger partial charge < -0.3 is 0 Å². The van der Waals surface area contributed by atoms with E-state index in [1.807, 2.05) is 24.5 Å². The van der Waals surface area contributed by atoms with Gasteiger partial charge in [0.05, 0.1) is 11.0 Å². The Labute approximate surface area is 356 Å². The van der Waals surface area contributed by atoms with Crippen molar-refractivity contribution >= 4 is 108 Å². The third kappa shape index (κ3) is 4.58. The molecule has 14 rings (SSSR count). The van der Waals surface area contributed by atoms with Crippen molar-refractivity contribution in [2.75, 3.05) is 0 Å². The van der Waals surface area contributed by atoms with Crippen molar-refractivity contribution in [3.63, 3.8) is 0 Å². The second-order valence-corrected chi connectivity index (χ2v) is 16.7. The minimum absolute atomic E-state index is 0.929. The molecule has 0 bridgehead atoms. The van der Waals surface area contributed by atoms with Crippen LogP contribution in [0.4, 0.5) is 0 Å². The largest absolute Gasteiger partial charge is 0.254 e. The average Bonchev–Trinajstić information content (AvgIpc) is 3.34. The number of rotatable bonds is 3. The highest BCUT2D eigenvalue weighted by Gasteiger charge is 2.22. The zero-order valence-electron chi connectivity index (χ0n) is 33.5. The molecule has 284 valence electrons. The Kier molecular flexibility index (Phi) is 6.86. The standard InChI is InChI=1S/C60H34N2/c1-3-17-46-41(15-1)53(38-27-25-35(26-28-38)51-34-40-14-9-31-61-59(40)60-50(51)24-10-32-62-60)42-16-2-4-18-47(42)57(46)52-33-39-13-7-21-44-43-19-5-11-36-29-30-37-12-6-20-45(55(37)54(36)43)48-22-8-23-49(52)58(48)56(39)44/h1-34H. The third-order valence-electron chi connectivity index (χ3n) is 13.6. The van der Waals surface area contributed by atoms with Gasteiger partial charge in [0, 0.05) is 23.2 Å². The zero-order chi connectivity index (χ0) is 40.5. The molecule has 0 amide bonds. The van der Waals surface area contributed by atoms with E-state index in [2.05, 4.69) is 182 Å². The average molecular weight is 783 g/mol. The number of benzene rings is 11. The first-order chi connectivity index (χ1) is 30.8. The van der Waals surface area contributed by atoms with Gasteiger partial charge in [0.2, 0.25) is 0 Å². The van der Waals surface area contributed by atoms with E-state index in [0.29, 0.717) is 0 Å². The molecule has 0 spiro atoms. The molecule has 0 unspecified atom stereocenters. The van der Waals surface area contributed by atoms with Gasteiger partial charge in [-0.2, -0.15) is 0 Å². The summed E-state index contributed by atoms with van der Waals surface area (Å²) in [6, 6.07) is 72.3. The molecule has 12 aromatic carbocycles. The van der Waals surface area contributed by atoms with Gasteiger partial charge in [0.25, 0.3) is 0 Å². The van der Waals surface area contributed by atoms with Gasteiger partial charge in [0.1, 0.15) is 0 Å². The van der Waals surface area contributed by atoms with Crippen molar-refractivity contribution in [1.82, 2.24) is 9.97 Å². The van der Waals surface area contributed by atoms with Crippen molar-refractivity contribution in [1.29, 1.82) is 0 Å². The molecule has 0 radical (unpaired) electrons. The van der Waals surface area contributed by atoms with E-state index < -0.39 is 0 Å². The molecule has 0 aliphatic carbocycles. The minimum atomic E-state index is 0.929. The van der Waals surface area contributed by atoms with Crippen LogP contribution in [0.2, 0.25) is 0 Å². The van der Waals surface area contributed by atoms with Crippen molar-refractivity contribution in [2.45, 2.75) is 0 Å². The molecule has 0 fully saturated rings. The zero-order valence-corrected chi connectivity index (χ0v) is 33.5. The lowest BCUT2D eigenvalue weighted by molar-refractivity contribution is 1.37. The quantitative estimate of drug-likeness (QED) is 0.132. The van der Waals surface area contributed by atoms with Crippen molar-refractivity contribution in [3.8, 4) is 33.4 Å². The fourth-order valence-corrected chi connectivity index (χ4v) is 11.1. The van der Waals surface area contributed by atoms with Gasteiger partial charge >= 0.3 is 0 Å². The summed E-state index contributed by atoms with van der Waals surface area (Å²) in [6.07, 6.45) is 3.71. The third-order valence-corrected chi connectivity index (χ3v) is 13.6. The van der Waals surface area contributed by atoms with Crippen LogP contribution in [0, 0.1) is 0 Å². The number of hydrogen-bond acceptors (Lipinski definition) is 2. The first-order valence-corrected chi connectivity index (χ1v) is 21.4. The molecule has 0 aliphatic rings. The first-order valence-electron chi connectivity index (χ1n) is 21.4. The normalized spacial score (nSPS) is 12.2. The van der Waals surface area contributed by atoms with Crippen LogP contribution < -0.4 is 0 Å². The molecule has 2 heterocycles. The van der Waals surface area contributed by atoms with Crippen LogP contribution in [0.5, 0.6) is 0 Å². The van der Waals surface area contributed by atoms with Gasteiger partial charge in [-0.15, -0.1) is 0 Å². The molecule has 2 nitrogen and oxygen atoms in total. The Bertz CT molecular complexity index is 4140. The fraction of sp³-hybridized carbons (Fsp3) is 0. The highest BCUT2D eigenvalue weighted by molar-refractivity contribution is 6.39. The summed E-state index contributed by atoms with van der Waals surface area (Å²) in [4.78, 5) is 9.48. The molecule has 0 saturated carbocycles. The number of pyridine rings is 2. The monoisotopic (exact) mass is 782 g/mol. The van der Waals surface area contributed by atoms with Crippen LogP contribution in [0.15, 0.2) is 207 Å². The summed E-state index contributed by atoms with van der Waals surface area (Å²) in [5.41, 5.74) is 9.14. The molecule has 0 saturated heterocycles. The lowest BCUT2D eigenvalue weighted by Gasteiger charge is -2.21. The van der Waals surface area contributed by atoms with Crippen LogP contribution in [0.1, 0.15) is 0 Å². The fourth-order valence-electron chi connectivity index (χ4n) is 11.1. The second-order valence-electron chi connectivity index (χ2n) is 16.7. The van der Waals surface area contributed by atoms with E-state index in [1.165, 1.54) is 108 Å². The summed E-state index contributed by atoms with van der Waals surface area (Å²) in [5, 5.41) is 22.7. The predicted octanol–water partition coefficient (Wildman–Crippen LogP) is 16.4. The van der Waals surface area contributed by atoms with E-state index in [1.54, 1.807) is 0 Å². The molecular formula is C60H34N2. The van der Waals surface area contributed by atoms with E-state index in [-0.39, 0.29) is 0 Å². The summed E-state index contributed by atoms with van der Waals surface area (Å²) in [6.45, 7) is 0. The molecule has 62 heavy (non-hydrogen) atoms. The summed E-state index contributed by atoms with van der Waals surface area (Å²) >= 11 is 0. The topological polar surface area (TPSA) is 25.8 Å². The van der Waals surface area contributed by atoms with E-state index >= 15 is 0 Å². The molecule has 0 aliphatic heterocycles. The Morgan fingerprint density at radius 3 is 1.32 bits per heavy atom. The Hall–Kier alpha value is -8.20. The maximum atomic E-state index is 4.78. The van der Waals surface area contributed by atoms with Gasteiger partial charge in [-0.05, 0) is 144 Å². The smallest absolute Gasteiger partial charge is 0.0970 e. The maximum absolute atomic E-state index is 4.78. The highest BCUT2D eigenvalue weighted by Crippen LogP contribution is 2.50. The Morgan fingerprint density at radius 2 is 0.677 bits per heavy atom. The second kappa shape index (κ2) is 12.7. The number of nitrogens with zero attached hydrogens (tertiary/aromatic N) is 2. The summed E-state index contributed by atoms with van der Waals surface area (Å²) < 4.78 is 0. The van der Waals surface area contributed by atoms with E-state index in [4.69, 9.17) is 9.97 Å². The van der Waals surface area contributed by atoms with Crippen molar-refractivity contribution in [3.05, 3.63) is 207 Å². The number of fused-ring (bicyclic) bond motifs is 7. The summed E-state index contributed by atoms with van der Waals surface area (Å²) in [5.74, 6) is 0. The van der Waals surface area contributed by atoms with Crippen LogP contribution in [0.25, 0.3) is 141 Å². The van der Waals surface area contributed by atoms with E-state index in [9.17, 15) is 0 Å². The lowest BCUT2D eigenvalue weighted by Crippen LogP contribution is -1.93. The lowest BCUT2D eigenvalue weighted by atomic mass is 9.82. The van der Waals surface area contributed by atoms with Crippen LogP contribution in [-0.2, 0) is 0 Å². The molecular weight excluding hydrogens is 749 g/mol. The maximum Gasteiger partial charge on any atom is 0.0970 e. The molecule has 2 aromatic heterocycles. The minimum Gasteiger partial charge on any atom is -0.254 e. The molecule has 0 atom stereocenters. The summed E-state index contributed by atoms with van der Waals surface area (Å²) in [7, 11) is 0.